The van der Waals surface area contributed by atoms with Crippen molar-refractivity contribution in [3.05, 3.63) is 18.3 Å². The Kier molecular flexibility index (Phi) is 7.05. The summed E-state index contributed by atoms with van der Waals surface area (Å²) in [6, 6.07) is 3.34. The molecule has 0 radical (unpaired) electrons. The Hall–Kier alpha value is -2.39. The van der Waals surface area contributed by atoms with Gasteiger partial charge in [-0.25, -0.2) is 9.78 Å². The number of amides is 2. The summed E-state index contributed by atoms with van der Waals surface area (Å²) in [6.45, 7) is 1.70. The predicted octanol–water partition coefficient (Wildman–Crippen LogP) is 1.65. The van der Waals surface area contributed by atoms with Crippen LogP contribution in [0, 0.1) is 0 Å². The Morgan fingerprint density at radius 2 is 2.18 bits per heavy atom. The van der Waals surface area contributed by atoms with Gasteiger partial charge in [0.05, 0.1) is 31.1 Å². The number of ether oxygens (including phenoxy) is 2. The van der Waals surface area contributed by atoms with E-state index < -0.39 is 5.97 Å². The first kappa shape index (κ1) is 20.3. The van der Waals surface area contributed by atoms with Gasteiger partial charge in [0, 0.05) is 25.7 Å². The standard InChI is InChI=1S/C19H28N4O5/c1-22(13-18(24)25)11-16-12-23(8-9-27-16)19(26)21-14-6-7-17(20-10-14)28-15-4-2-3-5-15/h6-7,10,15-16H,2-5,8-9,11-13H2,1H3,(H,21,26)(H,24,25). The van der Waals surface area contributed by atoms with E-state index in [0.717, 1.165) is 12.8 Å². The summed E-state index contributed by atoms with van der Waals surface area (Å²) in [4.78, 5) is 30.9. The minimum absolute atomic E-state index is 0.0625. The van der Waals surface area contributed by atoms with Gasteiger partial charge in [0.2, 0.25) is 5.88 Å². The first-order valence-corrected chi connectivity index (χ1v) is 9.70. The van der Waals surface area contributed by atoms with Crippen LogP contribution in [0.5, 0.6) is 5.88 Å². The monoisotopic (exact) mass is 392 g/mol. The molecule has 1 aliphatic carbocycles. The Bertz CT molecular complexity index is 663. The van der Waals surface area contributed by atoms with Crippen LogP contribution in [0.15, 0.2) is 18.3 Å². The largest absolute Gasteiger partial charge is 0.480 e. The highest BCUT2D eigenvalue weighted by atomic mass is 16.5. The number of hydrogen-bond donors (Lipinski definition) is 2. The maximum Gasteiger partial charge on any atom is 0.322 e. The highest BCUT2D eigenvalue weighted by Crippen LogP contribution is 2.23. The number of anilines is 1. The number of carbonyl (C=O) groups excluding carboxylic acids is 1. The van der Waals surface area contributed by atoms with Gasteiger partial charge in [-0.2, -0.15) is 0 Å². The molecule has 2 aliphatic rings. The number of carboxylic acids is 1. The van der Waals surface area contributed by atoms with Crippen molar-refractivity contribution in [1.29, 1.82) is 0 Å². The highest BCUT2D eigenvalue weighted by Gasteiger charge is 2.25. The second-order valence-electron chi connectivity index (χ2n) is 7.37. The van der Waals surface area contributed by atoms with Gasteiger partial charge in [-0.1, -0.05) is 0 Å². The normalized spacial score (nSPS) is 20.4. The molecule has 2 fully saturated rings. The SMILES string of the molecule is CN(CC(=O)O)CC1CN(C(=O)Nc2ccc(OC3CCCC3)nc2)CCO1. The highest BCUT2D eigenvalue weighted by molar-refractivity contribution is 5.89. The van der Waals surface area contributed by atoms with Crippen molar-refractivity contribution >= 4 is 17.7 Å². The molecule has 2 amide bonds. The van der Waals surface area contributed by atoms with Crippen molar-refractivity contribution in [3.8, 4) is 5.88 Å². The van der Waals surface area contributed by atoms with Crippen LogP contribution in [0.1, 0.15) is 25.7 Å². The van der Waals surface area contributed by atoms with E-state index in [1.165, 1.54) is 12.8 Å². The molecule has 2 heterocycles. The third-order valence-corrected chi connectivity index (χ3v) is 4.92. The van der Waals surface area contributed by atoms with Crippen molar-refractivity contribution in [2.45, 2.75) is 37.9 Å². The van der Waals surface area contributed by atoms with Crippen molar-refractivity contribution in [2.75, 3.05) is 45.2 Å². The van der Waals surface area contributed by atoms with Gasteiger partial charge in [0.1, 0.15) is 6.10 Å². The maximum absolute atomic E-state index is 12.5. The van der Waals surface area contributed by atoms with Crippen molar-refractivity contribution in [3.63, 3.8) is 0 Å². The molecule has 1 aromatic rings. The maximum atomic E-state index is 12.5. The zero-order valence-electron chi connectivity index (χ0n) is 16.2. The number of aromatic nitrogens is 1. The van der Waals surface area contributed by atoms with E-state index in [9.17, 15) is 9.59 Å². The van der Waals surface area contributed by atoms with Gasteiger partial charge in [-0.15, -0.1) is 0 Å². The average Bonchev–Trinajstić information content (AvgIpc) is 3.16. The van der Waals surface area contributed by atoms with Crippen molar-refractivity contribution in [1.82, 2.24) is 14.8 Å². The molecular formula is C19H28N4O5. The molecule has 3 rings (SSSR count). The summed E-state index contributed by atoms with van der Waals surface area (Å²) in [5.41, 5.74) is 0.606. The molecule has 1 aromatic heterocycles. The molecule has 154 valence electrons. The smallest absolute Gasteiger partial charge is 0.322 e. The average molecular weight is 392 g/mol. The van der Waals surface area contributed by atoms with Gasteiger partial charge in [-0.05, 0) is 38.8 Å². The zero-order chi connectivity index (χ0) is 19.9. The van der Waals surface area contributed by atoms with Gasteiger partial charge >= 0.3 is 12.0 Å². The van der Waals surface area contributed by atoms with E-state index in [4.69, 9.17) is 14.6 Å². The van der Waals surface area contributed by atoms with Crippen LogP contribution in [-0.4, -0.2) is 83.9 Å². The number of aliphatic carboxylic acids is 1. The summed E-state index contributed by atoms with van der Waals surface area (Å²) >= 11 is 0. The molecule has 1 saturated heterocycles. The lowest BCUT2D eigenvalue weighted by Gasteiger charge is -2.34. The van der Waals surface area contributed by atoms with E-state index in [-0.39, 0.29) is 24.8 Å². The van der Waals surface area contributed by atoms with Crippen LogP contribution in [0.25, 0.3) is 0 Å². The number of rotatable bonds is 7. The molecule has 9 nitrogen and oxygen atoms in total. The molecule has 2 N–H and O–H groups in total. The van der Waals surface area contributed by atoms with Gasteiger partial charge in [0.25, 0.3) is 0 Å². The van der Waals surface area contributed by atoms with E-state index in [0.29, 0.717) is 37.8 Å². The number of nitrogens with zero attached hydrogens (tertiary/aromatic N) is 3. The molecule has 1 unspecified atom stereocenters. The Balaban J connectivity index is 1.47. The zero-order valence-corrected chi connectivity index (χ0v) is 16.2. The minimum atomic E-state index is -0.888. The fourth-order valence-corrected chi connectivity index (χ4v) is 3.56. The Labute approximate surface area is 164 Å². The number of likely N-dealkylation sites (N-methyl/N-ethyl adjacent to an activating group) is 1. The van der Waals surface area contributed by atoms with Crippen LogP contribution in [0.4, 0.5) is 10.5 Å². The minimum Gasteiger partial charge on any atom is -0.480 e. The molecule has 0 bridgehead atoms. The molecular weight excluding hydrogens is 364 g/mol. The summed E-state index contributed by atoms with van der Waals surface area (Å²) < 4.78 is 11.5. The number of carbonyl (C=O) groups is 2. The lowest BCUT2D eigenvalue weighted by molar-refractivity contribution is -0.138. The number of carboxylic acid groups (broad SMARTS) is 1. The fourth-order valence-electron chi connectivity index (χ4n) is 3.56. The fraction of sp³-hybridized carbons (Fsp3) is 0.632. The number of urea groups is 1. The summed E-state index contributed by atoms with van der Waals surface area (Å²) in [5, 5.41) is 11.7. The number of pyridine rings is 1. The van der Waals surface area contributed by atoms with E-state index >= 15 is 0 Å². The van der Waals surface area contributed by atoms with Gasteiger partial charge in [0.15, 0.2) is 0 Å². The van der Waals surface area contributed by atoms with Crippen LogP contribution in [0.3, 0.4) is 0 Å². The topological polar surface area (TPSA) is 104 Å². The van der Waals surface area contributed by atoms with Gasteiger partial charge in [-0.3, -0.25) is 9.69 Å². The summed E-state index contributed by atoms with van der Waals surface area (Å²) in [6.07, 6.45) is 6.17. The molecule has 9 heteroatoms. The van der Waals surface area contributed by atoms with E-state index in [1.807, 2.05) is 0 Å². The predicted molar refractivity (Wildman–Crippen MR) is 103 cm³/mol. The molecule has 0 aromatic carbocycles. The first-order valence-electron chi connectivity index (χ1n) is 9.70. The van der Waals surface area contributed by atoms with Crippen molar-refractivity contribution in [2.24, 2.45) is 0 Å². The van der Waals surface area contributed by atoms with Gasteiger partial charge < -0.3 is 24.8 Å². The third kappa shape index (κ3) is 6.07. The molecule has 0 spiro atoms. The van der Waals surface area contributed by atoms with E-state index in [2.05, 4.69) is 10.3 Å². The summed E-state index contributed by atoms with van der Waals surface area (Å²) in [7, 11) is 1.72. The molecule has 28 heavy (non-hydrogen) atoms. The first-order chi connectivity index (χ1) is 13.5. The van der Waals surface area contributed by atoms with Crippen molar-refractivity contribution < 1.29 is 24.2 Å². The van der Waals surface area contributed by atoms with Crippen LogP contribution in [0.2, 0.25) is 0 Å². The molecule has 1 aliphatic heterocycles. The second-order valence-corrected chi connectivity index (χ2v) is 7.37. The number of hydrogen-bond acceptors (Lipinski definition) is 6. The van der Waals surface area contributed by atoms with E-state index in [1.54, 1.807) is 35.2 Å². The number of morpholine rings is 1. The third-order valence-electron chi connectivity index (χ3n) is 4.92. The van der Waals surface area contributed by atoms with Crippen LogP contribution < -0.4 is 10.1 Å². The van der Waals surface area contributed by atoms with Crippen LogP contribution in [-0.2, 0) is 9.53 Å². The quantitative estimate of drug-likeness (QED) is 0.727. The lowest BCUT2D eigenvalue weighted by atomic mass is 10.2. The Morgan fingerprint density at radius 1 is 1.39 bits per heavy atom. The second kappa shape index (κ2) is 9.70. The molecule has 1 saturated carbocycles. The number of nitrogens with one attached hydrogen (secondary N) is 1. The molecule has 1 atom stereocenters. The summed E-state index contributed by atoms with van der Waals surface area (Å²) in [5.74, 6) is -0.307. The van der Waals surface area contributed by atoms with Crippen LogP contribution >= 0.6 is 0 Å². The Morgan fingerprint density at radius 3 is 2.86 bits per heavy atom. The lowest BCUT2D eigenvalue weighted by Crippen LogP contribution is -2.50.